The molecule has 0 radical (unpaired) electrons. The molecule has 1 heterocycles. The number of nitrogens with one attached hydrogen (secondary N) is 1. The number of rotatable bonds is 5. The Bertz CT molecular complexity index is 831. The topological polar surface area (TPSA) is 75.5 Å². The molecule has 0 unspecified atom stereocenters. The van der Waals surface area contributed by atoms with Crippen molar-refractivity contribution in [2.45, 2.75) is 26.3 Å². The molecule has 7 heteroatoms. The van der Waals surface area contributed by atoms with E-state index in [2.05, 4.69) is 12.2 Å². The normalized spacial score (nSPS) is 14.8. The number of nitro benzene ring substituents is 1. The molecule has 0 spiro atoms. The number of carbonyl (C=O) groups excluding carboxylic acids is 1. The summed E-state index contributed by atoms with van der Waals surface area (Å²) in [7, 11) is 0. The highest BCUT2D eigenvalue weighted by Crippen LogP contribution is 2.32. The molecule has 142 valence electrons. The Morgan fingerprint density at radius 2 is 1.89 bits per heavy atom. The summed E-state index contributed by atoms with van der Waals surface area (Å²) in [5, 5.41) is 14.2. The van der Waals surface area contributed by atoms with Crippen LogP contribution in [-0.2, 0) is 6.54 Å². The average Bonchev–Trinajstić information content (AvgIpc) is 2.67. The lowest BCUT2D eigenvalue weighted by atomic mass is 9.98. The molecule has 2 aromatic rings. The first kappa shape index (κ1) is 18.8. The number of anilines is 1. The van der Waals surface area contributed by atoms with E-state index in [1.807, 2.05) is 4.90 Å². The largest absolute Gasteiger partial charge is 0.366 e. The zero-order valence-electron chi connectivity index (χ0n) is 15.2. The van der Waals surface area contributed by atoms with E-state index < -0.39 is 10.8 Å². The number of benzene rings is 2. The smallest absolute Gasteiger partial charge is 0.293 e. The van der Waals surface area contributed by atoms with Gasteiger partial charge >= 0.3 is 0 Å². The summed E-state index contributed by atoms with van der Waals surface area (Å²) in [5.74, 6) is -0.124. The van der Waals surface area contributed by atoms with Gasteiger partial charge < -0.3 is 10.2 Å². The first-order valence-corrected chi connectivity index (χ1v) is 9.00. The van der Waals surface area contributed by atoms with Crippen LogP contribution in [0, 0.1) is 21.8 Å². The van der Waals surface area contributed by atoms with E-state index in [0.717, 1.165) is 31.5 Å². The van der Waals surface area contributed by atoms with Crippen molar-refractivity contribution in [3.8, 4) is 0 Å². The summed E-state index contributed by atoms with van der Waals surface area (Å²) in [6, 6.07) is 10.4. The quantitative estimate of drug-likeness (QED) is 0.639. The minimum Gasteiger partial charge on any atom is -0.366 e. The van der Waals surface area contributed by atoms with Crippen LogP contribution in [0.2, 0.25) is 0 Å². The number of halogens is 1. The van der Waals surface area contributed by atoms with Crippen LogP contribution in [0.1, 0.15) is 35.7 Å². The molecule has 1 aliphatic rings. The molecule has 0 aliphatic carbocycles. The molecule has 3 rings (SSSR count). The van der Waals surface area contributed by atoms with Crippen molar-refractivity contribution in [2.75, 3.05) is 18.0 Å². The molecule has 27 heavy (non-hydrogen) atoms. The van der Waals surface area contributed by atoms with Crippen molar-refractivity contribution in [1.29, 1.82) is 0 Å². The van der Waals surface area contributed by atoms with Crippen LogP contribution < -0.4 is 10.2 Å². The van der Waals surface area contributed by atoms with Gasteiger partial charge in [0.25, 0.3) is 11.6 Å². The van der Waals surface area contributed by atoms with Crippen LogP contribution in [0.4, 0.5) is 15.8 Å². The predicted molar refractivity (Wildman–Crippen MR) is 101 cm³/mol. The van der Waals surface area contributed by atoms with Gasteiger partial charge in [0.05, 0.1) is 4.92 Å². The van der Waals surface area contributed by atoms with Crippen molar-refractivity contribution >= 4 is 17.3 Å². The number of hydrogen-bond donors (Lipinski definition) is 1. The first-order chi connectivity index (χ1) is 12.9. The Labute approximate surface area is 157 Å². The summed E-state index contributed by atoms with van der Waals surface area (Å²) < 4.78 is 12.9. The fraction of sp³-hybridized carbons (Fsp3) is 0.350. The summed E-state index contributed by atoms with van der Waals surface area (Å²) >= 11 is 0. The maximum Gasteiger partial charge on any atom is 0.293 e. The number of nitro groups is 1. The van der Waals surface area contributed by atoms with Crippen molar-refractivity contribution in [2.24, 2.45) is 5.92 Å². The maximum atomic E-state index is 12.9. The number of piperidine rings is 1. The molecular formula is C20H22FN3O3. The summed E-state index contributed by atoms with van der Waals surface area (Å²) in [4.78, 5) is 25.5. The minimum atomic E-state index is -0.440. The van der Waals surface area contributed by atoms with Crippen molar-refractivity contribution in [1.82, 2.24) is 5.32 Å². The van der Waals surface area contributed by atoms with Crippen molar-refractivity contribution in [3.05, 3.63) is 69.5 Å². The van der Waals surface area contributed by atoms with E-state index in [1.54, 1.807) is 24.3 Å². The molecule has 0 saturated carbocycles. The van der Waals surface area contributed by atoms with Gasteiger partial charge in [-0.1, -0.05) is 19.1 Å². The zero-order valence-corrected chi connectivity index (χ0v) is 15.2. The molecule has 1 fully saturated rings. The molecular weight excluding hydrogens is 349 g/mol. The second-order valence-electron chi connectivity index (χ2n) is 6.94. The highest BCUT2D eigenvalue weighted by atomic mass is 19.1. The van der Waals surface area contributed by atoms with Gasteiger partial charge in [0, 0.05) is 31.3 Å². The van der Waals surface area contributed by atoms with Gasteiger partial charge in [-0.3, -0.25) is 14.9 Å². The predicted octanol–water partition coefficient (Wildman–Crippen LogP) is 3.90. The lowest BCUT2D eigenvalue weighted by Gasteiger charge is -2.31. The lowest BCUT2D eigenvalue weighted by Crippen LogP contribution is -2.33. The standard InChI is InChI=1S/C20H22FN3O3/c1-14-8-10-23(11-9-14)18-7-4-16(12-19(18)24(26)27)20(25)22-13-15-2-5-17(21)6-3-15/h2-7,12,14H,8-11,13H2,1H3,(H,22,25). The maximum absolute atomic E-state index is 12.9. The number of amides is 1. The van der Waals surface area contributed by atoms with Crippen LogP contribution in [-0.4, -0.2) is 23.9 Å². The highest BCUT2D eigenvalue weighted by molar-refractivity contribution is 5.95. The fourth-order valence-corrected chi connectivity index (χ4v) is 3.21. The van der Waals surface area contributed by atoms with Gasteiger partial charge in [0.1, 0.15) is 11.5 Å². The van der Waals surface area contributed by atoms with E-state index in [-0.39, 0.29) is 23.6 Å². The number of hydrogen-bond acceptors (Lipinski definition) is 4. The summed E-state index contributed by atoms with van der Waals surface area (Å²) in [5.41, 5.74) is 1.48. The third-order valence-corrected chi connectivity index (χ3v) is 4.92. The van der Waals surface area contributed by atoms with Gasteiger partial charge in [-0.2, -0.15) is 0 Å². The van der Waals surface area contributed by atoms with Gasteiger partial charge in [-0.05, 0) is 48.6 Å². The van der Waals surface area contributed by atoms with Gasteiger partial charge in [-0.15, -0.1) is 0 Å². The van der Waals surface area contributed by atoms with E-state index in [4.69, 9.17) is 0 Å². The molecule has 0 bridgehead atoms. The Balaban J connectivity index is 1.73. The zero-order chi connectivity index (χ0) is 19.4. The van der Waals surface area contributed by atoms with Crippen LogP contribution in [0.15, 0.2) is 42.5 Å². The Kier molecular flexibility index (Phi) is 5.69. The van der Waals surface area contributed by atoms with Gasteiger partial charge in [0.15, 0.2) is 0 Å². The SMILES string of the molecule is CC1CCN(c2ccc(C(=O)NCc3ccc(F)cc3)cc2[N+](=O)[O-])CC1. The second-order valence-corrected chi connectivity index (χ2v) is 6.94. The Hall–Kier alpha value is -2.96. The molecule has 6 nitrogen and oxygen atoms in total. The Morgan fingerprint density at radius 1 is 1.22 bits per heavy atom. The summed E-state index contributed by atoms with van der Waals surface area (Å²) in [6.07, 6.45) is 1.99. The van der Waals surface area contributed by atoms with E-state index in [0.29, 0.717) is 11.6 Å². The highest BCUT2D eigenvalue weighted by Gasteiger charge is 2.24. The third kappa shape index (κ3) is 4.61. The average molecular weight is 371 g/mol. The van der Waals surface area contributed by atoms with E-state index in [1.165, 1.54) is 18.2 Å². The van der Waals surface area contributed by atoms with Crippen LogP contribution in [0.5, 0.6) is 0 Å². The fourth-order valence-electron chi connectivity index (χ4n) is 3.21. The van der Waals surface area contributed by atoms with Crippen LogP contribution in [0.3, 0.4) is 0 Å². The molecule has 1 aliphatic heterocycles. The van der Waals surface area contributed by atoms with Crippen LogP contribution >= 0.6 is 0 Å². The minimum absolute atomic E-state index is 0.0565. The number of carbonyl (C=O) groups is 1. The van der Waals surface area contributed by atoms with E-state index >= 15 is 0 Å². The molecule has 0 aromatic heterocycles. The number of nitrogens with zero attached hydrogens (tertiary/aromatic N) is 2. The molecule has 2 aromatic carbocycles. The van der Waals surface area contributed by atoms with Crippen LogP contribution in [0.25, 0.3) is 0 Å². The monoisotopic (exact) mass is 371 g/mol. The molecule has 0 atom stereocenters. The summed E-state index contributed by atoms with van der Waals surface area (Å²) in [6.45, 7) is 3.95. The lowest BCUT2D eigenvalue weighted by molar-refractivity contribution is -0.384. The van der Waals surface area contributed by atoms with Gasteiger partial charge in [0.2, 0.25) is 0 Å². The second kappa shape index (κ2) is 8.16. The van der Waals surface area contributed by atoms with Gasteiger partial charge in [-0.25, -0.2) is 4.39 Å². The molecule has 1 amide bonds. The first-order valence-electron chi connectivity index (χ1n) is 9.00. The van der Waals surface area contributed by atoms with Crippen molar-refractivity contribution in [3.63, 3.8) is 0 Å². The van der Waals surface area contributed by atoms with E-state index in [9.17, 15) is 19.3 Å². The Morgan fingerprint density at radius 3 is 2.52 bits per heavy atom. The van der Waals surface area contributed by atoms with Crippen molar-refractivity contribution < 1.29 is 14.1 Å². The third-order valence-electron chi connectivity index (χ3n) is 4.92. The molecule has 1 saturated heterocycles. The molecule has 1 N–H and O–H groups in total.